The third-order valence-corrected chi connectivity index (χ3v) is 5.09. The van der Waals surface area contributed by atoms with Gasteiger partial charge in [0.15, 0.2) is 0 Å². The quantitative estimate of drug-likeness (QED) is 0.696. The normalized spacial score (nSPS) is 47.9. The Bertz CT molecular complexity index is 286. The average molecular weight is 208 g/mol. The minimum Gasteiger partial charge on any atom is -0.339 e. The fourth-order valence-corrected chi connectivity index (χ4v) is 4.66. The molecule has 2 bridgehead atoms. The lowest BCUT2D eigenvalue weighted by Crippen LogP contribution is -3.06. The molecular weight excluding hydrogens is 186 g/mol. The molecule has 84 valence electrons. The van der Waals surface area contributed by atoms with Crippen molar-refractivity contribution >= 4 is 5.78 Å². The van der Waals surface area contributed by atoms with Crippen molar-refractivity contribution in [3.8, 4) is 0 Å². The van der Waals surface area contributed by atoms with Crippen LogP contribution in [0.2, 0.25) is 0 Å². The van der Waals surface area contributed by atoms with Crippen molar-refractivity contribution in [1.82, 2.24) is 0 Å². The van der Waals surface area contributed by atoms with Crippen molar-refractivity contribution in [1.29, 1.82) is 0 Å². The summed E-state index contributed by atoms with van der Waals surface area (Å²) >= 11 is 0. The third kappa shape index (κ3) is 1.30. The molecule has 3 saturated carbocycles. The number of rotatable bonds is 2. The van der Waals surface area contributed by atoms with E-state index in [2.05, 4.69) is 14.1 Å². The Kier molecular flexibility index (Phi) is 2.17. The number of carbonyl (C=O) groups excluding carboxylic acids is 1. The second-order valence-corrected chi connectivity index (χ2v) is 6.18. The summed E-state index contributed by atoms with van der Waals surface area (Å²) in [4.78, 5) is 13.7. The summed E-state index contributed by atoms with van der Waals surface area (Å²) in [5.41, 5.74) is 0. The maximum Gasteiger partial charge on any atom is 0.145 e. The van der Waals surface area contributed by atoms with Crippen molar-refractivity contribution in [3.05, 3.63) is 0 Å². The van der Waals surface area contributed by atoms with Crippen LogP contribution in [0.4, 0.5) is 0 Å². The van der Waals surface area contributed by atoms with Crippen molar-refractivity contribution in [3.63, 3.8) is 0 Å². The Morgan fingerprint density at radius 1 is 1.20 bits per heavy atom. The van der Waals surface area contributed by atoms with Crippen LogP contribution in [-0.4, -0.2) is 26.4 Å². The van der Waals surface area contributed by atoms with Gasteiger partial charge in [-0.25, -0.2) is 0 Å². The standard InChI is InChI=1S/C13H21NO/c1-14(2)7-12-10-6-11(13(12)15)9-5-3-4-8(9)10/h8-12H,3-7H2,1-2H3/p+1/t8-,9+,10-,11+,12-/m0/s1. The van der Waals surface area contributed by atoms with Crippen molar-refractivity contribution < 1.29 is 9.69 Å². The fourth-order valence-electron chi connectivity index (χ4n) is 4.66. The number of hydrogen-bond acceptors (Lipinski definition) is 1. The molecule has 3 fully saturated rings. The number of quaternary nitrogens is 1. The molecule has 3 aliphatic carbocycles. The van der Waals surface area contributed by atoms with Crippen LogP contribution in [0.25, 0.3) is 0 Å². The highest BCUT2D eigenvalue weighted by molar-refractivity contribution is 5.87. The van der Waals surface area contributed by atoms with Gasteiger partial charge in [-0.15, -0.1) is 0 Å². The first-order chi connectivity index (χ1) is 7.18. The molecule has 0 unspecified atom stereocenters. The number of carbonyl (C=O) groups is 1. The number of hydrogen-bond donors (Lipinski definition) is 1. The number of nitrogens with one attached hydrogen (secondary N) is 1. The van der Waals surface area contributed by atoms with E-state index < -0.39 is 0 Å². The summed E-state index contributed by atoms with van der Waals surface area (Å²) in [7, 11) is 4.34. The summed E-state index contributed by atoms with van der Waals surface area (Å²) in [6.07, 6.45) is 5.39. The molecule has 0 radical (unpaired) electrons. The molecule has 0 aromatic carbocycles. The SMILES string of the molecule is C[NH+](C)C[C@@H]1C(=O)[C@@H]2C[C@H]1[C@H]1CCC[C@H]12. The Morgan fingerprint density at radius 3 is 2.67 bits per heavy atom. The van der Waals surface area contributed by atoms with E-state index in [0.29, 0.717) is 17.6 Å². The van der Waals surface area contributed by atoms with Crippen molar-refractivity contribution in [2.45, 2.75) is 25.7 Å². The molecule has 3 aliphatic rings. The van der Waals surface area contributed by atoms with Crippen LogP contribution < -0.4 is 4.90 Å². The van der Waals surface area contributed by atoms with Crippen LogP contribution in [0, 0.1) is 29.6 Å². The van der Waals surface area contributed by atoms with Gasteiger partial charge in [-0.1, -0.05) is 6.42 Å². The van der Waals surface area contributed by atoms with Crippen molar-refractivity contribution in [2.24, 2.45) is 29.6 Å². The lowest BCUT2D eigenvalue weighted by molar-refractivity contribution is -0.861. The van der Waals surface area contributed by atoms with E-state index in [-0.39, 0.29) is 0 Å². The van der Waals surface area contributed by atoms with Gasteiger partial charge in [-0.05, 0) is 37.0 Å². The molecule has 0 amide bonds. The smallest absolute Gasteiger partial charge is 0.145 e. The van der Waals surface area contributed by atoms with Gasteiger partial charge in [0.25, 0.3) is 0 Å². The molecule has 0 saturated heterocycles. The predicted octanol–water partition coefficient (Wildman–Crippen LogP) is 0.382. The molecule has 3 rings (SSSR count). The van der Waals surface area contributed by atoms with Crippen LogP contribution >= 0.6 is 0 Å². The molecule has 0 aliphatic heterocycles. The Balaban J connectivity index is 1.81. The van der Waals surface area contributed by atoms with Crippen LogP contribution in [0.5, 0.6) is 0 Å². The van der Waals surface area contributed by atoms with E-state index >= 15 is 0 Å². The van der Waals surface area contributed by atoms with E-state index in [1.54, 1.807) is 0 Å². The van der Waals surface area contributed by atoms with E-state index in [9.17, 15) is 4.79 Å². The molecule has 1 N–H and O–H groups in total. The zero-order valence-corrected chi connectivity index (χ0v) is 9.83. The molecule has 2 nitrogen and oxygen atoms in total. The van der Waals surface area contributed by atoms with Crippen LogP contribution in [0.3, 0.4) is 0 Å². The van der Waals surface area contributed by atoms with Gasteiger partial charge in [-0.3, -0.25) is 4.79 Å². The van der Waals surface area contributed by atoms with E-state index in [1.165, 1.54) is 30.6 Å². The summed E-state index contributed by atoms with van der Waals surface area (Å²) < 4.78 is 0. The zero-order chi connectivity index (χ0) is 10.6. The molecule has 0 spiro atoms. The van der Waals surface area contributed by atoms with Gasteiger partial charge in [0.1, 0.15) is 5.78 Å². The van der Waals surface area contributed by atoms with Gasteiger partial charge >= 0.3 is 0 Å². The Morgan fingerprint density at radius 2 is 1.93 bits per heavy atom. The Hall–Kier alpha value is -0.370. The molecule has 0 aromatic rings. The minimum atomic E-state index is 0.416. The van der Waals surface area contributed by atoms with E-state index in [4.69, 9.17) is 0 Å². The Labute approximate surface area is 92.0 Å². The lowest BCUT2D eigenvalue weighted by Gasteiger charge is -2.30. The maximum absolute atomic E-state index is 12.2. The van der Waals surface area contributed by atoms with Crippen molar-refractivity contribution in [2.75, 3.05) is 20.6 Å². The monoisotopic (exact) mass is 208 g/mol. The first-order valence-electron chi connectivity index (χ1n) is 6.51. The topological polar surface area (TPSA) is 21.5 Å². The van der Waals surface area contributed by atoms with Gasteiger partial charge < -0.3 is 4.90 Å². The predicted molar refractivity (Wildman–Crippen MR) is 58.6 cm³/mol. The molecular formula is C13H22NO+. The highest BCUT2D eigenvalue weighted by Gasteiger charge is 2.59. The van der Waals surface area contributed by atoms with Crippen LogP contribution in [-0.2, 0) is 4.79 Å². The molecule has 2 heteroatoms. The largest absolute Gasteiger partial charge is 0.339 e. The zero-order valence-electron chi connectivity index (χ0n) is 9.83. The summed E-state index contributed by atoms with van der Waals surface area (Å²) in [6, 6.07) is 0. The van der Waals surface area contributed by atoms with Crippen LogP contribution in [0.15, 0.2) is 0 Å². The van der Waals surface area contributed by atoms with Crippen LogP contribution in [0.1, 0.15) is 25.7 Å². The minimum absolute atomic E-state index is 0.416. The second-order valence-electron chi connectivity index (χ2n) is 6.18. The number of Topliss-reactive ketones (excluding diaryl/α,β-unsaturated/α-hetero) is 1. The first-order valence-corrected chi connectivity index (χ1v) is 6.51. The van der Waals surface area contributed by atoms with Gasteiger partial charge in [0, 0.05) is 5.92 Å². The number of ketones is 1. The summed E-state index contributed by atoms with van der Waals surface area (Å²) in [5.74, 6) is 4.02. The molecule has 0 aromatic heterocycles. The molecule has 0 heterocycles. The lowest BCUT2D eigenvalue weighted by atomic mass is 9.75. The summed E-state index contributed by atoms with van der Waals surface area (Å²) in [5, 5.41) is 0. The highest BCUT2D eigenvalue weighted by Crippen LogP contribution is 2.58. The van der Waals surface area contributed by atoms with E-state index in [0.717, 1.165) is 24.3 Å². The maximum atomic E-state index is 12.2. The van der Waals surface area contributed by atoms with Gasteiger partial charge in [-0.2, -0.15) is 0 Å². The van der Waals surface area contributed by atoms with E-state index in [1.807, 2.05) is 0 Å². The molecule has 15 heavy (non-hydrogen) atoms. The van der Waals surface area contributed by atoms with Gasteiger partial charge in [0.2, 0.25) is 0 Å². The average Bonchev–Trinajstić information content (AvgIpc) is 2.77. The summed E-state index contributed by atoms with van der Waals surface area (Å²) in [6.45, 7) is 1.07. The third-order valence-electron chi connectivity index (χ3n) is 5.09. The highest BCUT2D eigenvalue weighted by atomic mass is 16.1. The van der Waals surface area contributed by atoms with Gasteiger partial charge in [0.05, 0.1) is 26.6 Å². The molecule has 5 atom stereocenters. The fraction of sp³-hybridized carbons (Fsp3) is 0.923. The number of fused-ring (bicyclic) bond motifs is 5. The first kappa shape index (κ1) is 9.83. The second kappa shape index (κ2) is 3.31.